The average molecular weight is 603 g/mol. The van der Waals surface area contributed by atoms with Crippen LogP contribution in [0.1, 0.15) is 52.8 Å². The van der Waals surface area contributed by atoms with Crippen LogP contribution in [-0.4, -0.2) is 87.3 Å². The molecule has 1 N–H and O–H groups in total. The molecule has 2 aromatic carbocycles. The Morgan fingerprint density at radius 1 is 0.977 bits per heavy atom. The number of nitrogens with zero attached hydrogens (tertiary/aromatic N) is 3. The number of benzene rings is 2. The lowest BCUT2D eigenvalue weighted by Gasteiger charge is -2.20. The van der Waals surface area contributed by atoms with E-state index in [4.69, 9.17) is 18.9 Å². The number of hydrogen-bond donors (Lipinski definition) is 1. The molecule has 3 aliphatic rings. The highest BCUT2D eigenvalue weighted by Gasteiger charge is 2.34. The molecule has 5 rings (SSSR count). The summed E-state index contributed by atoms with van der Waals surface area (Å²) in [5.74, 6) is 1.57. The normalized spacial score (nSPS) is 17.2. The number of rotatable bonds is 13. The van der Waals surface area contributed by atoms with Gasteiger partial charge >= 0.3 is 0 Å². The predicted octanol–water partition coefficient (Wildman–Crippen LogP) is 4.79. The lowest BCUT2D eigenvalue weighted by atomic mass is 10.1. The first-order chi connectivity index (χ1) is 21.3. The first-order valence-corrected chi connectivity index (χ1v) is 14.7. The molecule has 44 heavy (non-hydrogen) atoms. The molecule has 11 nitrogen and oxygen atoms in total. The first-order valence-electron chi connectivity index (χ1n) is 14.7. The van der Waals surface area contributed by atoms with Crippen molar-refractivity contribution < 1.29 is 33.3 Å². The number of fused-ring (bicyclic) bond motifs is 2. The summed E-state index contributed by atoms with van der Waals surface area (Å²) in [5.41, 5.74) is 3.76. The van der Waals surface area contributed by atoms with Crippen LogP contribution < -0.4 is 24.3 Å². The predicted molar refractivity (Wildman–Crippen MR) is 167 cm³/mol. The van der Waals surface area contributed by atoms with Crippen molar-refractivity contribution in [2.24, 2.45) is 4.99 Å². The zero-order valence-electron chi connectivity index (χ0n) is 25.2. The second-order valence-electron chi connectivity index (χ2n) is 11.0. The van der Waals surface area contributed by atoms with Crippen LogP contribution in [0.25, 0.3) is 0 Å². The van der Waals surface area contributed by atoms with E-state index < -0.39 is 0 Å². The monoisotopic (exact) mass is 602 g/mol. The van der Waals surface area contributed by atoms with Gasteiger partial charge in [-0.15, -0.1) is 0 Å². The number of ether oxygens (including phenoxy) is 4. The van der Waals surface area contributed by atoms with Crippen molar-refractivity contribution in [2.75, 3.05) is 52.4 Å². The fourth-order valence-electron chi connectivity index (χ4n) is 5.61. The van der Waals surface area contributed by atoms with Crippen molar-refractivity contribution in [1.82, 2.24) is 9.80 Å². The highest BCUT2D eigenvalue weighted by molar-refractivity contribution is 6.04. The van der Waals surface area contributed by atoms with Crippen LogP contribution >= 0.6 is 0 Å². The lowest BCUT2D eigenvalue weighted by Crippen LogP contribution is -2.35. The molecule has 0 spiro atoms. The number of unbranched alkanes of at least 4 members (excludes halogenated alkanes) is 2. The maximum Gasteiger partial charge on any atom is 0.257 e. The minimum Gasteiger partial charge on any atom is -0.493 e. The smallest absolute Gasteiger partial charge is 0.257 e. The zero-order chi connectivity index (χ0) is 31.2. The number of methoxy groups -OCH3 is 2. The Labute approximate surface area is 257 Å². The Bertz CT molecular complexity index is 1500. The molecule has 2 fully saturated rings. The van der Waals surface area contributed by atoms with Gasteiger partial charge in [-0.05, 0) is 44.2 Å². The van der Waals surface area contributed by atoms with Gasteiger partial charge in [0.25, 0.3) is 11.8 Å². The lowest BCUT2D eigenvalue weighted by molar-refractivity contribution is -0.105. The summed E-state index contributed by atoms with van der Waals surface area (Å²) < 4.78 is 23.0. The van der Waals surface area contributed by atoms with E-state index in [1.165, 1.54) is 7.11 Å². The molecular weight excluding hydrogens is 564 g/mol. The minimum absolute atomic E-state index is 0.0796. The van der Waals surface area contributed by atoms with Crippen LogP contribution in [0.5, 0.6) is 23.0 Å². The van der Waals surface area contributed by atoms with Gasteiger partial charge in [0.15, 0.2) is 23.0 Å². The zero-order valence-corrected chi connectivity index (χ0v) is 25.2. The van der Waals surface area contributed by atoms with Crippen molar-refractivity contribution >= 4 is 35.8 Å². The molecule has 3 heterocycles. The second-order valence-corrected chi connectivity index (χ2v) is 11.0. The van der Waals surface area contributed by atoms with Crippen molar-refractivity contribution in [2.45, 2.75) is 38.1 Å². The van der Waals surface area contributed by atoms with Gasteiger partial charge in [0.1, 0.15) is 0 Å². The van der Waals surface area contributed by atoms with Crippen LogP contribution in [0.2, 0.25) is 0 Å². The van der Waals surface area contributed by atoms with Gasteiger partial charge in [0, 0.05) is 38.0 Å². The van der Waals surface area contributed by atoms with Gasteiger partial charge in [-0.2, -0.15) is 0 Å². The van der Waals surface area contributed by atoms with E-state index in [2.05, 4.69) is 23.5 Å². The van der Waals surface area contributed by atoms with Gasteiger partial charge in [-0.25, -0.2) is 0 Å². The SMILES string of the molecule is C=C1CCN(C(=O)c2cc(OC)c(OCCCCCOc3cc4c(cc3OC)C(=O)N3CC(=C)CC3C=N4)cc2NC=O)C1. The van der Waals surface area contributed by atoms with E-state index in [1.807, 2.05) is 0 Å². The van der Waals surface area contributed by atoms with E-state index >= 15 is 0 Å². The van der Waals surface area contributed by atoms with Crippen LogP contribution in [0.3, 0.4) is 0 Å². The van der Waals surface area contributed by atoms with Gasteiger partial charge in [0.2, 0.25) is 6.41 Å². The molecular formula is C33H38N4O7. The molecule has 2 aromatic rings. The molecule has 0 radical (unpaired) electrons. The summed E-state index contributed by atoms with van der Waals surface area (Å²) in [6.07, 6.45) is 6.14. The molecule has 11 heteroatoms. The first kappa shape index (κ1) is 30.7. The number of nitrogens with one attached hydrogen (secondary N) is 1. The molecule has 232 valence electrons. The minimum atomic E-state index is -0.200. The number of hydrogen-bond acceptors (Lipinski definition) is 8. The Kier molecular flexibility index (Phi) is 9.52. The number of carbonyl (C=O) groups excluding carboxylic acids is 3. The van der Waals surface area contributed by atoms with Crippen molar-refractivity contribution in [3.05, 3.63) is 59.7 Å². The molecule has 3 amide bonds. The van der Waals surface area contributed by atoms with Gasteiger partial charge in [-0.3, -0.25) is 19.4 Å². The maximum absolute atomic E-state index is 13.2. The average Bonchev–Trinajstić information content (AvgIpc) is 3.60. The largest absolute Gasteiger partial charge is 0.493 e. The van der Waals surface area contributed by atoms with Gasteiger partial charge in [0.05, 0.1) is 56.0 Å². The Morgan fingerprint density at radius 2 is 1.68 bits per heavy atom. The van der Waals surface area contributed by atoms with Crippen molar-refractivity contribution in [1.29, 1.82) is 0 Å². The fourth-order valence-corrected chi connectivity index (χ4v) is 5.61. The van der Waals surface area contributed by atoms with Gasteiger partial charge < -0.3 is 34.1 Å². The van der Waals surface area contributed by atoms with Crippen molar-refractivity contribution in [3.8, 4) is 23.0 Å². The Morgan fingerprint density at radius 3 is 2.34 bits per heavy atom. The second kappa shape index (κ2) is 13.7. The molecule has 1 atom stereocenters. The summed E-state index contributed by atoms with van der Waals surface area (Å²) in [6.45, 7) is 10.4. The third-order valence-corrected chi connectivity index (χ3v) is 7.94. The number of anilines is 1. The summed E-state index contributed by atoms with van der Waals surface area (Å²) in [6, 6.07) is 6.60. The van der Waals surface area contributed by atoms with E-state index in [0.29, 0.717) is 84.8 Å². The third-order valence-electron chi connectivity index (χ3n) is 7.94. The number of likely N-dealkylation sites (tertiary alicyclic amines) is 1. The summed E-state index contributed by atoms with van der Waals surface area (Å²) in [7, 11) is 3.06. The molecule has 0 aliphatic carbocycles. The van der Waals surface area contributed by atoms with Crippen LogP contribution in [0.15, 0.2) is 53.6 Å². The van der Waals surface area contributed by atoms with Crippen molar-refractivity contribution in [3.63, 3.8) is 0 Å². The summed E-state index contributed by atoms with van der Waals surface area (Å²) >= 11 is 0. The molecule has 0 aromatic heterocycles. The maximum atomic E-state index is 13.2. The number of amides is 3. The van der Waals surface area contributed by atoms with Gasteiger partial charge in [-0.1, -0.05) is 24.3 Å². The van der Waals surface area contributed by atoms with E-state index in [1.54, 1.807) is 47.4 Å². The molecule has 0 bridgehead atoms. The quantitative estimate of drug-likeness (QED) is 0.199. The number of carbonyl (C=O) groups is 3. The van der Waals surface area contributed by atoms with E-state index in [0.717, 1.165) is 43.3 Å². The Hall–Kier alpha value is -4.80. The standard InChI is InChI=1S/C33H38N4O7/c1-21-8-9-36(18-21)32(39)24-13-28(41-3)31(16-27(24)35-20-38)44-11-7-5-6-10-43-30-15-26-25(14-29(30)42-4)33(40)37-19-22(2)12-23(37)17-34-26/h13-17,20,23H,1-2,5-12,18-19H2,3-4H3,(H,35,38). The summed E-state index contributed by atoms with van der Waals surface area (Å²) in [5, 5.41) is 2.62. The third kappa shape index (κ3) is 6.56. The molecule has 3 aliphatic heterocycles. The highest BCUT2D eigenvalue weighted by atomic mass is 16.5. The van der Waals surface area contributed by atoms with Crippen LogP contribution in [0, 0.1) is 0 Å². The van der Waals surface area contributed by atoms with E-state index in [-0.39, 0.29) is 17.9 Å². The highest BCUT2D eigenvalue weighted by Crippen LogP contribution is 2.39. The topological polar surface area (TPSA) is 119 Å². The summed E-state index contributed by atoms with van der Waals surface area (Å²) in [4.78, 5) is 45.6. The van der Waals surface area contributed by atoms with Crippen LogP contribution in [0.4, 0.5) is 11.4 Å². The Balaban J connectivity index is 1.14. The number of aliphatic imine (C=N–C) groups is 1. The fraction of sp³-hybridized carbons (Fsp3) is 0.394. The molecule has 2 saturated heterocycles. The molecule has 0 saturated carbocycles. The van der Waals surface area contributed by atoms with E-state index in [9.17, 15) is 14.4 Å². The molecule has 1 unspecified atom stereocenters. The van der Waals surface area contributed by atoms with Crippen LogP contribution in [-0.2, 0) is 4.79 Å².